The van der Waals surface area contributed by atoms with Crippen LogP contribution in [-0.4, -0.2) is 12.3 Å². The first-order valence-electron chi connectivity index (χ1n) is 7.60. The molecule has 1 aromatic carbocycles. The Morgan fingerprint density at radius 3 is 2.21 bits per heavy atom. The van der Waals surface area contributed by atoms with E-state index in [0.717, 1.165) is 37.2 Å². The summed E-state index contributed by atoms with van der Waals surface area (Å²) < 4.78 is 0. The van der Waals surface area contributed by atoms with E-state index in [9.17, 15) is 4.79 Å². The van der Waals surface area contributed by atoms with Crippen LogP contribution >= 0.6 is 0 Å². The number of Topliss-reactive ketones (excluding diaryl/α,β-unsaturated/α-hetero) is 1. The zero-order valence-corrected chi connectivity index (χ0v) is 11.5. The predicted octanol–water partition coefficient (Wildman–Crippen LogP) is 3.66. The minimum atomic E-state index is -0.266. The molecule has 0 aliphatic heterocycles. The molecule has 102 valence electrons. The van der Waals surface area contributed by atoms with E-state index in [4.69, 9.17) is 5.73 Å². The highest BCUT2D eigenvalue weighted by atomic mass is 16.1. The van der Waals surface area contributed by atoms with Gasteiger partial charge in [0.05, 0.1) is 0 Å². The van der Waals surface area contributed by atoms with Gasteiger partial charge in [-0.05, 0) is 37.2 Å². The largest absolute Gasteiger partial charge is 0.329 e. The predicted molar refractivity (Wildman–Crippen MR) is 77.3 cm³/mol. The second-order valence-electron chi connectivity index (χ2n) is 6.27. The van der Waals surface area contributed by atoms with Gasteiger partial charge in [0.1, 0.15) is 0 Å². The summed E-state index contributed by atoms with van der Waals surface area (Å²) in [5.41, 5.74) is 7.89. The maximum Gasteiger partial charge on any atom is 0.170 e. The lowest BCUT2D eigenvalue weighted by Gasteiger charge is -2.27. The highest BCUT2D eigenvalue weighted by molar-refractivity contribution is 6.00. The van der Waals surface area contributed by atoms with Crippen molar-refractivity contribution in [1.29, 1.82) is 0 Å². The summed E-state index contributed by atoms with van der Waals surface area (Å²) in [6, 6.07) is 8.34. The summed E-state index contributed by atoms with van der Waals surface area (Å²) in [6.45, 7) is 0.496. The molecule has 0 bridgehead atoms. The minimum absolute atomic E-state index is 0.266. The Bertz CT molecular complexity index is 453. The van der Waals surface area contributed by atoms with E-state index in [1.165, 1.54) is 24.8 Å². The molecule has 2 saturated carbocycles. The van der Waals surface area contributed by atoms with E-state index in [1.54, 1.807) is 0 Å². The second kappa shape index (κ2) is 5.09. The highest BCUT2D eigenvalue weighted by Crippen LogP contribution is 2.41. The molecule has 0 heterocycles. The number of carbonyl (C=O) groups excluding carboxylic acids is 1. The molecule has 2 aliphatic rings. The zero-order chi connectivity index (χ0) is 13.3. The van der Waals surface area contributed by atoms with Gasteiger partial charge >= 0.3 is 0 Å². The van der Waals surface area contributed by atoms with Crippen LogP contribution in [0, 0.1) is 5.41 Å². The third-order valence-electron chi connectivity index (χ3n) is 5.18. The highest BCUT2D eigenvalue weighted by Gasteiger charge is 2.40. The normalized spacial score (nSPS) is 22.2. The van der Waals surface area contributed by atoms with Crippen molar-refractivity contribution >= 4 is 5.78 Å². The standard InChI is InChI=1S/C17H23NO/c18-12-17(10-1-2-11-17)16(19)15-8-6-14(7-9-15)13-4-3-5-13/h6-9,13H,1-5,10-12,18H2. The molecule has 2 heteroatoms. The van der Waals surface area contributed by atoms with Gasteiger partial charge in [0.15, 0.2) is 5.78 Å². The van der Waals surface area contributed by atoms with E-state index in [0.29, 0.717) is 6.54 Å². The van der Waals surface area contributed by atoms with E-state index < -0.39 is 0 Å². The lowest BCUT2D eigenvalue weighted by molar-refractivity contribution is 0.0810. The molecule has 0 saturated heterocycles. The van der Waals surface area contributed by atoms with E-state index in [-0.39, 0.29) is 11.2 Å². The zero-order valence-electron chi connectivity index (χ0n) is 11.5. The van der Waals surface area contributed by atoms with Crippen LogP contribution < -0.4 is 5.73 Å². The summed E-state index contributed by atoms with van der Waals surface area (Å²) in [6.07, 6.45) is 8.17. The quantitative estimate of drug-likeness (QED) is 0.836. The van der Waals surface area contributed by atoms with Gasteiger partial charge < -0.3 is 5.73 Å². The van der Waals surface area contributed by atoms with Crippen LogP contribution in [0.2, 0.25) is 0 Å². The first-order valence-corrected chi connectivity index (χ1v) is 7.60. The average molecular weight is 257 g/mol. The molecule has 0 aromatic heterocycles. The van der Waals surface area contributed by atoms with Crippen molar-refractivity contribution in [2.45, 2.75) is 50.9 Å². The molecule has 2 fully saturated rings. The third-order valence-corrected chi connectivity index (χ3v) is 5.18. The van der Waals surface area contributed by atoms with Gasteiger partial charge in [0.25, 0.3) is 0 Å². The molecule has 0 spiro atoms. The number of ketones is 1. The Morgan fingerprint density at radius 1 is 1.11 bits per heavy atom. The smallest absolute Gasteiger partial charge is 0.170 e. The van der Waals surface area contributed by atoms with Crippen LogP contribution in [0.5, 0.6) is 0 Å². The van der Waals surface area contributed by atoms with Crippen molar-refractivity contribution in [3.63, 3.8) is 0 Å². The van der Waals surface area contributed by atoms with Crippen LogP contribution in [0.15, 0.2) is 24.3 Å². The number of benzene rings is 1. The number of nitrogens with two attached hydrogens (primary N) is 1. The van der Waals surface area contributed by atoms with Crippen LogP contribution in [0.25, 0.3) is 0 Å². The maximum atomic E-state index is 12.7. The average Bonchev–Trinajstić information content (AvgIpc) is 2.87. The first-order chi connectivity index (χ1) is 9.25. The SMILES string of the molecule is NCC1(C(=O)c2ccc(C3CCC3)cc2)CCCC1. The number of hydrogen-bond donors (Lipinski definition) is 1. The molecule has 2 nitrogen and oxygen atoms in total. The van der Waals surface area contributed by atoms with Crippen molar-refractivity contribution in [2.24, 2.45) is 11.1 Å². The summed E-state index contributed by atoms with van der Waals surface area (Å²) in [5, 5.41) is 0. The van der Waals surface area contributed by atoms with Crippen molar-refractivity contribution in [3.8, 4) is 0 Å². The van der Waals surface area contributed by atoms with Crippen LogP contribution in [0.4, 0.5) is 0 Å². The number of hydrogen-bond acceptors (Lipinski definition) is 2. The minimum Gasteiger partial charge on any atom is -0.329 e. The fraction of sp³-hybridized carbons (Fsp3) is 0.588. The second-order valence-corrected chi connectivity index (χ2v) is 6.27. The molecule has 3 rings (SSSR count). The summed E-state index contributed by atoms with van der Waals surface area (Å²) in [7, 11) is 0. The van der Waals surface area contributed by atoms with Crippen LogP contribution in [0.3, 0.4) is 0 Å². The van der Waals surface area contributed by atoms with Crippen molar-refractivity contribution < 1.29 is 4.79 Å². The lowest BCUT2D eigenvalue weighted by atomic mass is 9.77. The van der Waals surface area contributed by atoms with Crippen LogP contribution in [-0.2, 0) is 0 Å². The number of rotatable bonds is 4. The van der Waals surface area contributed by atoms with Crippen molar-refractivity contribution in [3.05, 3.63) is 35.4 Å². The Balaban J connectivity index is 1.79. The summed E-state index contributed by atoms with van der Waals surface area (Å²) in [4.78, 5) is 12.7. The third kappa shape index (κ3) is 2.23. The molecule has 0 unspecified atom stereocenters. The van der Waals surface area contributed by atoms with Gasteiger partial charge in [-0.2, -0.15) is 0 Å². The Kier molecular flexibility index (Phi) is 3.44. The maximum absolute atomic E-state index is 12.7. The molecule has 0 amide bonds. The molecular weight excluding hydrogens is 234 g/mol. The molecule has 19 heavy (non-hydrogen) atoms. The molecule has 1 aromatic rings. The van der Waals surface area contributed by atoms with Crippen molar-refractivity contribution in [1.82, 2.24) is 0 Å². The molecular formula is C17H23NO. The fourth-order valence-electron chi connectivity index (χ4n) is 3.53. The Labute approximate surface area is 115 Å². The molecule has 0 atom stereocenters. The Hall–Kier alpha value is -1.15. The fourth-order valence-corrected chi connectivity index (χ4v) is 3.53. The van der Waals surface area contributed by atoms with Gasteiger partial charge in [-0.25, -0.2) is 0 Å². The summed E-state index contributed by atoms with van der Waals surface area (Å²) in [5.74, 6) is 1.01. The topological polar surface area (TPSA) is 43.1 Å². The van der Waals surface area contributed by atoms with Gasteiger partial charge in [0, 0.05) is 17.5 Å². The van der Waals surface area contributed by atoms with Gasteiger partial charge in [0.2, 0.25) is 0 Å². The van der Waals surface area contributed by atoms with E-state index in [2.05, 4.69) is 12.1 Å². The van der Waals surface area contributed by atoms with Gasteiger partial charge in [-0.1, -0.05) is 43.5 Å². The molecule has 0 radical (unpaired) electrons. The van der Waals surface area contributed by atoms with Crippen LogP contribution in [0.1, 0.15) is 66.8 Å². The van der Waals surface area contributed by atoms with Gasteiger partial charge in [-0.15, -0.1) is 0 Å². The number of carbonyl (C=O) groups is 1. The van der Waals surface area contributed by atoms with Crippen molar-refractivity contribution in [2.75, 3.05) is 6.54 Å². The summed E-state index contributed by atoms with van der Waals surface area (Å²) >= 11 is 0. The first kappa shape index (κ1) is 12.9. The Morgan fingerprint density at radius 2 is 1.74 bits per heavy atom. The molecule has 2 aliphatic carbocycles. The lowest BCUT2D eigenvalue weighted by Crippen LogP contribution is -2.36. The van der Waals surface area contributed by atoms with Gasteiger partial charge in [-0.3, -0.25) is 4.79 Å². The monoisotopic (exact) mass is 257 g/mol. The van der Waals surface area contributed by atoms with E-state index >= 15 is 0 Å². The van der Waals surface area contributed by atoms with E-state index in [1.807, 2.05) is 12.1 Å². The molecule has 2 N–H and O–H groups in total.